The first-order valence-corrected chi connectivity index (χ1v) is 7.88. The summed E-state index contributed by atoms with van der Waals surface area (Å²) in [5, 5.41) is 0. The summed E-state index contributed by atoms with van der Waals surface area (Å²) in [6.07, 6.45) is -2.13. The molecule has 0 radical (unpaired) electrons. The molecule has 1 N–H and O–H groups in total. The molecule has 0 spiro atoms. The SMILES string of the molecule is C[C@@H](NS(=O)(=O)c1ccc(F)cc1C(F)(F)F)c1ccncc1. The Morgan fingerprint density at radius 3 is 2.30 bits per heavy atom. The summed E-state index contributed by atoms with van der Waals surface area (Å²) in [5.74, 6) is -1.17. The van der Waals surface area contributed by atoms with Crippen LogP contribution in [0.3, 0.4) is 0 Å². The fraction of sp³-hybridized carbons (Fsp3) is 0.214. The second-order valence-corrected chi connectivity index (χ2v) is 6.44. The average Bonchev–Trinajstić information content (AvgIpc) is 2.46. The van der Waals surface area contributed by atoms with Crippen molar-refractivity contribution in [2.75, 3.05) is 0 Å². The molecule has 0 saturated heterocycles. The Bertz CT molecular complexity index is 792. The van der Waals surface area contributed by atoms with Crippen LogP contribution in [-0.4, -0.2) is 13.4 Å². The minimum Gasteiger partial charge on any atom is -0.265 e. The first kappa shape index (κ1) is 17.4. The first-order chi connectivity index (χ1) is 10.6. The van der Waals surface area contributed by atoms with Crippen LogP contribution >= 0.6 is 0 Å². The molecule has 9 heteroatoms. The molecule has 4 nitrogen and oxygen atoms in total. The molecule has 1 aromatic carbocycles. The molecule has 0 aliphatic rings. The van der Waals surface area contributed by atoms with Crippen LogP contribution in [0.15, 0.2) is 47.6 Å². The molecule has 0 bridgehead atoms. The summed E-state index contributed by atoms with van der Waals surface area (Å²) >= 11 is 0. The molecule has 0 amide bonds. The summed E-state index contributed by atoms with van der Waals surface area (Å²) in [7, 11) is -4.50. The number of alkyl halides is 3. The van der Waals surface area contributed by atoms with E-state index in [-0.39, 0.29) is 6.07 Å². The fourth-order valence-corrected chi connectivity index (χ4v) is 3.41. The van der Waals surface area contributed by atoms with Crippen molar-refractivity contribution in [1.29, 1.82) is 0 Å². The van der Waals surface area contributed by atoms with Gasteiger partial charge >= 0.3 is 6.18 Å². The molecule has 2 rings (SSSR count). The van der Waals surface area contributed by atoms with Crippen LogP contribution in [0.5, 0.6) is 0 Å². The van der Waals surface area contributed by atoms with E-state index in [2.05, 4.69) is 9.71 Å². The van der Waals surface area contributed by atoms with Crippen molar-refractivity contribution >= 4 is 10.0 Å². The Balaban J connectivity index is 2.41. The van der Waals surface area contributed by atoms with Gasteiger partial charge in [0.25, 0.3) is 0 Å². The Hall–Kier alpha value is -2.00. The Morgan fingerprint density at radius 2 is 1.74 bits per heavy atom. The largest absolute Gasteiger partial charge is 0.417 e. The molecule has 0 unspecified atom stereocenters. The predicted molar refractivity (Wildman–Crippen MR) is 74.4 cm³/mol. The number of nitrogens with one attached hydrogen (secondary N) is 1. The number of hydrogen-bond acceptors (Lipinski definition) is 3. The summed E-state index contributed by atoms with van der Waals surface area (Å²) in [6.45, 7) is 1.48. The highest BCUT2D eigenvalue weighted by Gasteiger charge is 2.38. The number of benzene rings is 1. The van der Waals surface area contributed by atoms with Crippen LogP contribution < -0.4 is 4.72 Å². The van der Waals surface area contributed by atoms with E-state index in [1.807, 2.05) is 0 Å². The minimum atomic E-state index is -4.99. The van der Waals surface area contributed by atoms with Crippen LogP contribution in [0.2, 0.25) is 0 Å². The van der Waals surface area contributed by atoms with Gasteiger partial charge in [0.1, 0.15) is 5.82 Å². The summed E-state index contributed by atoms with van der Waals surface area (Å²) in [5.41, 5.74) is -1.02. The van der Waals surface area contributed by atoms with Gasteiger partial charge < -0.3 is 0 Å². The molecule has 0 saturated carbocycles. The third-order valence-electron chi connectivity index (χ3n) is 3.07. The molecular formula is C14H12F4N2O2S. The summed E-state index contributed by atoms with van der Waals surface area (Å²) in [4.78, 5) is 2.75. The maximum atomic E-state index is 13.1. The maximum absolute atomic E-state index is 13.1. The van der Waals surface area contributed by atoms with Crippen LogP contribution in [-0.2, 0) is 16.2 Å². The van der Waals surface area contributed by atoms with Crippen molar-refractivity contribution in [3.8, 4) is 0 Å². The van der Waals surface area contributed by atoms with Crippen molar-refractivity contribution in [2.24, 2.45) is 0 Å². The van der Waals surface area contributed by atoms with E-state index in [4.69, 9.17) is 0 Å². The standard InChI is InChI=1S/C14H12F4N2O2S/c1-9(10-4-6-19-7-5-10)20-23(21,22)13-3-2-11(15)8-12(13)14(16,17)18/h2-9,20H,1H3/t9-/m1/s1. The number of aromatic nitrogens is 1. The smallest absolute Gasteiger partial charge is 0.265 e. The van der Waals surface area contributed by atoms with Crippen LogP contribution in [0.25, 0.3) is 0 Å². The number of rotatable bonds is 4. The lowest BCUT2D eigenvalue weighted by Gasteiger charge is -2.17. The van der Waals surface area contributed by atoms with Crippen molar-refractivity contribution < 1.29 is 26.0 Å². The normalized spacial score (nSPS) is 13.8. The van der Waals surface area contributed by atoms with Gasteiger partial charge in [-0.1, -0.05) is 0 Å². The highest BCUT2D eigenvalue weighted by Crippen LogP contribution is 2.35. The van der Waals surface area contributed by atoms with Gasteiger partial charge in [-0.15, -0.1) is 0 Å². The minimum absolute atomic E-state index is 0.158. The number of sulfonamides is 1. The van der Waals surface area contributed by atoms with Gasteiger partial charge in [-0.3, -0.25) is 4.98 Å². The lowest BCUT2D eigenvalue weighted by atomic mass is 10.1. The predicted octanol–water partition coefficient (Wildman–Crippen LogP) is 3.28. The van der Waals surface area contributed by atoms with E-state index in [0.717, 1.165) is 0 Å². The van der Waals surface area contributed by atoms with Crippen molar-refractivity contribution in [1.82, 2.24) is 9.71 Å². The van der Waals surface area contributed by atoms with E-state index >= 15 is 0 Å². The quantitative estimate of drug-likeness (QED) is 0.863. The zero-order valence-corrected chi connectivity index (χ0v) is 12.6. The Morgan fingerprint density at radius 1 is 1.13 bits per heavy atom. The van der Waals surface area contributed by atoms with E-state index in [9.17, 15) is 26.0 Å². The van der Waals surface area contributed by atoms with Crippen LogP contribution in [0, 0.1) is 5.82 Å². The maximum Gasteiger partial charge on any atom is 0.417 e. The highest BCUT2D eigenvalue weighted by atomic mass is 32.2. The molecule has 1 heterocycles. The molecule has 23 heavy (non-hydrogen) atoms. The third kappa shape index (κ3) is 4.05. The fourth-order valence-electron chi connectivity index (χ4n) is 1.97. The zero-order valence-electron chi connectivity index (χ0n) is 11.8. The van der Waals surface area contributed by atoms with Gasteiger partial charge in [0.05, 0.1) is 10.5 Å². The molecule has 2 aromatic rings. The molecule has 1 aromatic heterocycles. The number of nitrogens with zero attached hydrogens (tertiary/aromatic N) is 1. The van der Waals surface area contributed by atoms with Gasteiger partial charge in [-0.2, -0.15) is 13.2 Å². The molecule has 124 valence electrons. The molecule has 0 aliphatic carbocycles. The zero-order chi connectivity index (χ0) is 17.3. The molecule has 0 aliphatic heterocycles. The third-order valence-corrected chi connectivity index (χ3v) is 4.67. The van der Waals surface area contributed by atoms with Crippen molar-refractivity contribution in [3.63, 3.8) is 0 Å². The first-order valence-electron chi connectivity index (χ1n) is 6.40. The topological polar surface area (TPSA) is 59.1 Å². The van der Waals surface area contributed by atoms with Crippen LogP contribution in [0.4, 0.5) is 17.6 Å². The lowest BCUT2D eigenvalue weighted by Crippen LogP contribution is -2.29. The Labute approximate surface area is 130 Å². The summed E-state index contributed by atoms with van der Waals surface area (Å²) < 4.78 is 78.6. The number of pyridine rings is 1. The van der Waals surface area contributed by atoms with Gasteiger partial charge in [0, 0.05) is 18.4 Å². The average molecular weight is 348 g/mol. The molecule has 1 atom stereocenters. The van der Waals surface area contributed by atoms with Gasteiger partial charge in [-0.25, -0.2) is 17.5 Å². The lowest BCUT2D eigenvalue weighted by molar-refractivity contribution is -0.140. The van der Waals surface area contributed by atoms with Gasteiger partial charge in [-0.05, 0) is 42.8 Å². The summed E-state index contributed by atoms with van der Waals surface area (Å²) in [6, 6.07) is 3.70. The van der Waals surface area contributed by atoms with Gasteiger partial charge in [0.2, 0.25) is 10.0 Å². The number of hydrogen-bond donors (Lipinski definition) is 1. The monoisotopic (exact) mass is 348 g/mol. The Kier molecular flexibility index (Phi) is 4.71. The second kappa shape index (κ2) is 6.25. The van der Waals surface area contributed by atoms with E-state index < -0.39 is 38.5 Å². The highest BCUT2D eigenvalue weighted by molar-refractivity contribution is 7.89. The van der Waals surface area contributed by atoms with E-state index in [1.165, 1.54) is 31.5 Å². The molecular weight excluding hydrogens is 336 g/mol. The molecule has 0 fully saturated rings. The van der Waals surface area contributed by atoms with E-state index in [0.29, 0.717) is 17.7 Å². The van der Waals surface area contributed by atoms with Crippen LogP contribution in [0.1, 0.15) is 24.1 Å². The van der Waals surface area contributed by atoms with E-state index in [1.54, 1.807) is 0 Å². The van der Waals surface area contributed by atoms with Crippen molar-refractivity contribution in [3.05, 3.63) is 59.7 Å². The van der Waals surface area contributed by atoms with Gasteiger partial charge in [0.15, 0.2) is 0 Å². The second-order valence-electron chi connectivity index (χ2n) is 4.76. The number of halogens is 4. The van der Waals surface area contributed by atoms with Crippen molar-refractivity contribution in [2.45, 2.75) is 24.0 Å².